The highest BCUT2D eigenvalue weighted by molar-refractivity contribution is 5.91. The minimum Gasteiger partial charge on any atom is -0.483 e. The van der Waals surface area contributed by atoms with E-state index in [1.807, 2.05) is 32.0 Å². The van der Waals surface area contributed by atoms with E-state index in [9.17, 15) is 9.59 Å². The number of carbonyl (C=O) groups is 2. The van der Waals surface area contributed by atoms with Gasteiger partial charge >= 0.3 is 0 Å². The Bertz CT molecular complexity index is 867. The summed E-state index contributed by atoms with van der Waals surface area (Å²) in [5.74, 6) is 1.41. The summed E-state index contributed by atoms with van der Waals surface area (Å²) in [6.45, 7) is 5.92. The number of amides is 2. The maximum absolute atomic E-state index is 12.5. The smallest absolute Gasteiger partial charge is 0.289 e. The molecule has 2 aliphatic rings. The first-order valence-corrected chi connectivity index (χ1v) is 9.47. The van der Waals surface area contributed by atoms with E-state index in [-0.39, 0.29) is 24.0 Å². The Hall–Kier alpha value is -2.96. The van der Waals surface area contributed by atoms with Gasteiger partial charge in [0.1, 0.15) is 5.60 Å². The lowest BCUT2D eigenvalue weighted by Crippen LogP contribution is -2.51. The molecule has 1 aromatic carbocycles. The van der Waals surface area contributed by atoms with Gasteiger partial charge in [-0.15, -0.1) is 0 Å². The molecular weight excluding hydrogens is 360 g/mol. The molecule has 0 spiro atoms. The van der Waals surface area contributed by atoms with E-state index < -0.39 is 0 Å². The fraction of sp³-hybridized carbons (Fsp3) is 0.429. The van der Waals surface area contributed by atoms with Crippen molar-refractivity contribution in [2.45, 2.75) is 25.9 Å². The molecule has 0 bridgehead atoms. The average molecular weight is 384 g/mol. The zero-order chi connectivity index (χ0) is 19.7. The first-order chi connectivity index (χ1) is 13.4. The van der Waals surface area contributed by atoms with E-state index in [2.05, 4.69) is 0 Å². The summed E-state index contributed by atoms with van der Waals surface area (Å²) < 4.78 is 16.9. The van der Waals surface area contributed by atoms with Crippen LogP contribution < -0.4 is 9.47 Å². The number of ether oxygens (including phenoxy) is 2. The van der Waals surface area contributed by atoms with Gasteiger partial charge in [-0.25, -0.2) is 0 Å². The van der Waals surface area contributed by atoms with Crippen LogP contribution in [0.25, 0.3) is 0 Å². The molecule has 2 aliphatic heterocycles. The number of nitrogens with zero attached hydrogens (tertiary/aromatic N) is 2. The van der Waals surface area contributed by atoms with Crippen molar-refractivity contribution in [3.63, 3.8) is 0 Å². The summed E-state index contributed by atoms with van der Waals surface area (Å²) in [4.78, 5) is 28.3. The van der Waals surface area contributed by atoms with Crippen LogP contribution >= 0.6 is 0 Å². The molecule has 7 nitrogen and oxygen atoms in total. The van der Waals surface area contributed by atoms with Gasteiger partial charge in [0.15, 0.2) is 23.9 Å². The van der Waals surface area contributed by atoms with Gasteiger partial charge in [-0.3, -0.25) is 9.59 Å². The monoisotopic (exact) mass is 384 g/mol. The van der Waals surface area contributed by atoms with Crippen LogP contribution in [-0.4, -0.2) is 60.0 Å². The SMILES string of the molecule is CC1(C)Cc2cccc(OCC(=O)N3CCN(C(=O)c4ccco4)CC3)c2O1. The molecule has 0 N–H and O–H groups in total. The van der Waals surface area contributed by atoms with Crippen LogP contribution in [0.2, 0.25) is 0 Å². The molecule has 0 aliphatic carbocycles. The number of piperazine rings is 1. The summed E-state index contributed by atoms with van der Waals surface area (Å²) in [5.41, 5.74) is 0.836. The largest absolute Gasteiger partial charge is 0.483 e. The van der Waals surface area contributed by atoms with Crippen molar-refractivity contribution in [3.05, 3.63) is 47.9 Å². The number of furan rings is 1. The lowest BCUT2D eigenvalue weighted by molar-refractivity contribution is -0.134. The number of para-hydroxylation sites is 1. The van der Waals surface area contributed by atoms with E-state index in [0.717, 1.165) is 17.7 Å². The second-order valence-corrected chi connectivity index (χ2v) is 7.72. The van der Waals surface area contributed by atoms with Crippen LogP contribution in [0, 0.1) is 0 Å². The van der Waals surface area contributed by atoms with Crippen LogP contribution in [0.15, 0.2) is 41.0 Å². The van der Waals surface area contributed by atoms with Crippen molar-refractivity contribution >= 4 is 11.8 Å². The first-order valence-electron chi connectivity index (χ1n) is 9.47. The summed E-state index contributed by atoms with van der Waals surface area (Å²) in [7, 11) is 0. The minimum absolute atomic E-state index is 0.0492. The Morgan fingerprint density at radius 1 is 1.07 bits per heavy atom. The predicted octanol–water partition coefficient (Wildman–Crippen LogP) is 2.36. The van der Waals surface area contributed by atoms with Crippen LogP contribution in [0.4, 0.5) is 0 Å². The summed E-state index contributed by atoms with van der Waals surface area (Å²) in [6.07, 6.45) is 2.30. The zero-order valence-corrected chi connectivity index (χ0v) is 16.1. The van der Waals surface area contributed by atoms with Crippen molar-refractivity contribution in [1.82, 2.24) is 9.80 Å². The predicted molar refractivity (Wildman–Crippen MR) is 102 cm³/mol. The number of hydrogen-bond donors (Lipinski definition) is 0. The third-order valence-corrected chi connectivity index (χ3v) is 5.06. The van der Waals surface area contributed by atoms with Gasteiger partial charge < -0.3 is 23.7 Å². The normalized spacial score (nSPS) is 17.8. The van der Waals surface area contributed by atoms with Crippen molar-refractivity contribution in [2.75, 3.05) is 32.8 Å². The van der Waals surface area contributed by atoms with E-state index in [4.69, 9.17) is 13.9 Å². The van der Waals surface area contributed by atoms with Crippen molar-refractivity contribution in [3.8, 4) is 11.5 Å². The highest BCUT2D eigenvalue weighted by Gasteiger charge is 2.32. The van der Waals surface area contributed by atoms with Crippen molar-refractivity contribution < 1.29 is 23.5 Å². The van der Waals surface area contributed by atoms with E-state index >= 15 is 0 Å². The van der Waals surface area contributed by atoms with Crippen LogP contribution in [0.3, 0.4) is 0 Å². The fourth-order valence-electron chi connectivity index (χ4n) is 3.65. The van der Waals surface area contributed by atoms with Crippen LogP contribution in [-0.2, 0) is 11.2 Å². The molecule has 1 aromatic heterocycles. The summed E-state index contributed by atoms with van der Waals surface area (Å²) in [6, 6.07) is 9.11. The number of rotatable bonds is 4. The molecule has 7 heteroatoms. The van der Waals surface area contributed by atoms with E-state index in [1.165, 1.54) is 6.26 Å². The lowest BCUT2D eigenvalue weighted by Gasteiger charge is -2.34. The average Bonchev–Trinajstić information content (AvgIpc) is 3.32. The molecule has 1 fully saturated rings. The van der Waals surface area contributed by atoms with Gasteiger partial charge in [0.25, 0.3) is 11.8 Å². The number of benzene rings is 1. The van der Waals surface area contributed by atoms with Gasteiger partial charge in [-0.1, -0.05) is 12.1 Å². The van der Waals surface area contributed by atoms with E-state index in [1.54, 1.807) is 21.9 Å². The molecule has 2 amide bonds. The fourth-order valence-corrected chi connectivity index (χ4v) is 3.65. The van der Waals surface area contributed by atoms with Gasteiger partial charge in [-0.05, 0) is 32.0 Å². The molecule has 0 unspecified atom stereocenters. The molecule has 0 radical (unpaired) electrons. The lowest BCUT2D eigenvalue weighted by atomic mass is 10.0. The molecule has 1 saturated heterocycles. The summed E-state index contributed by atoms with van der Waals surface area (Å²) in [5, 5.41) is 0. The Morgan fingerprint density at radius 3 is 2.54 bits per heavy atom. The van der Waals surface area contributed by atoms with Crippen molar-refractivity contribution in [2.24, 2.45) is 0 Å². The number of carbonyl (C=O) groups excluding carboxylic acids is 2. The Labute approximate surface area is 163 Å². The second kappa shape index (κ2) is 7.22. The second-order valence-electron chi connectivity index (χ2n) is 7.72. The van der Waals surface area contributed by atoms with Crippen LogP contribution in [0.5, 0.6) is 11.5 Å². The molecule has 4 rings (SSSR count). The van der Waals surface area contributed by atoms with Gasteiger partial charge in [0.05, 0.1) is 6.26 Å². The first kappa shape index (κ1) is 18.4. The maximum Gasteiger partial charge on any atom is 0.289 e. The Morgan fingerprint density at radius 2 is 1.82 bits per heavy atom. The molecule has 0 atom stereocenters. The minimum atomic E-state index is -0.261. The molecule has 3 heterocycles. The molecule has 148 valence electrons. The van der Waals surface area contributed by atoms with E-state index in [0.29, 0.717) is 37.7 Å². The maximum atomic E-state index is 12.5. The third kappa shape index (κ3) is 3.69. The quantitative estimate of drug-likeness (QED) is 0.809. The number of fused-ring (bicyclic) bond motifs is 1. The van der Waals surface area contributed by atoms with Gasteiger partial charge in [0, 0.05) is 38.2 Å². The molecular formula is C21H24N2O5. The highest BCUT2D eigenvalue weighted by atomic mass is 16.5. The third-order valence-electron chi connectivity index (χ3n) is 5.06. The topological polar surface area (TPSA) is 72.2 Å². The van der Waals surface area contributed by atoms with Gasteiger partial charge in [0.2, 0.25) is 0 Å². The van der Waals surface area contributed by atoms with Gasteiger partial charge in [-0.2, -0.15) is 0 Å². The number of hydrogen-bond acceptors (Lipinski definition) is 5. The molecule has 28 heavy (non-hydrogen) atoms. The standard InChI is InChI=1S/C21H24N2O5/c1-21(2)13-15-5-3-6-16(19(15)28-21)27-14-18(24)22-8-10-23(11-9-22)20(25)17-7-4-12-26-17/h3-7,12H,8-11,13-14H2,1-2H3. The Kier molecular flexibility index (Phi) is 4.75. The van der Waals surface area contributed by atoms with Crippen LogP contribution in [0.1, 0.15) is 30.0 Å². The molecule has 0 saturated carbocycles. The highest BCUT2D eigenvalue weighted by Crippen LogP contribution is 2.41. The van der Waals surface area contributed by atoms with Crippen molar-refractivity contribution in [1.29, 1.82) is 0 Å². The zero-order valence-electron chi connectivity index (χ0n) is 16.1. The Balaban J connectivity index is 1.31. The summed E-state index contributed by atoms with van der Waals surface area (Å²) >= 11 is 0. The molecule has 2 aromatic rings.